The van der Waals surface area contributed by atoms with Gasteiger partial charge in [-0.15, -0.1) is 0 Å². The molecule has 0 atom stereocenters. The van der Waals surface area contributed by atoms with E-state index in [1.807, 2.05) is 54.7 Å². The van der Waals surface area contributed by atoms with Crippen molar-refractivity contribution >= 4 is 9.84 Å². The van der Waals surface area contributed by atoms with Crippen molar-refractivity contribution in [3.63, 3.8) is 0 Å². The number of benzene rings is 2. The minimum Gasteiger partial charge on any atom is -0.264 e. The van der Waals surface area contributed by atoms with Gasteiger partial charge in [0.05, 0.1) is 4.90 Å². The van der Waals surface area contributed by atoms with Gasteiger partial charge < -0.3 is 0 Å². The van der Waals surface area contributed by atoms with Crippen molar-refractivity contribution < 1.29 is 8.42 Å². The van der Waals surface area contributed by atoms with E-state index in [0.29, 0.717) is 4.90 Å². The second kappa shape index (κ2) is 5.73. The predicted molar refractivity (Wildman–Crippen MR) is 88.2 cm³/mol. The van der Waals surface area contributed by atoms with Gasteiger partial charge in [0.25, 0.3) is 0 Å². The van der Waals surface area contributed by atoms with Crippen LogP contribution in [-0.4, -0.2) is 19.7 Å². The molecular formula is C18H15NO2S. The monoisotopic (exact) mass is 309 g/mol. The maximum atomic E-state index is 11.6. The zero-order valence-electron chi connectivity index (χ0n) is 12.1. The molecule has 0 radical (unpaired) electrons. The average molecular weight is 309 g/mol. The van der Waals surface area contributed by atoms with Crippen molar-refractivity contribution in [1.82, 2.24) is 4.98 Å². The summed E-state index contributed by atoms with van der Waals surface area (Å²) in [5.74, 6) is 0. The Morgan fingerprint density at radius 1 is 0.773 bits per heavy atom. The normalized spacial score (nSPS) is 11.3. The van der Waals surface area contributed by atoms with E-state index in [9.17, 15) is 8.42 Å². The first-order valence-corrected chi connectivity index (χ1v) is 8.75. The number of rotatable bonds is 3. The Hall–Kier alpha value is -2.46. The van der Waals surface area contributed by atoms with Gasteiger partial charge in [0.1, 0.15) is 0 Å². The number of nitrogens with zero attached hydrogens (tertiary/aromatic N) is 1. The fourth-order valence-electron chi connectivity index (χ4n) is 2.39. The molecule has 0 aliphatic rings. The molecule has 0 N–H and O–H groups in total. The van der Waals surface area contributed by atoms with Crippen molar-refractivity contribution in [2.45, 2.75) is 4.90 Å². The Morgan fingerprint density at radius 3 is 1.95 bits per heavy atom. The van der Waals surface area contributed by atoms with E-state index < -0.39 is 9.84 Å². The summed E-state index contributed by atoms with van der Waals surface area (Å²) >= 11 is 0. The van der Waals surface area contributed by atoms with Gasteiger partial charge in [0.15, 0.2) is 9.84 Å². The smallest absolute Gasteiger partial charge is 0.175 e. The first kappa shape index (κ1) is 14.5. The standard InChI is InChI=1S/C18H15NO2S/c1-22(20,21)16-10-8-14(9-11-16)17-6-2-3-7-18(17)15-5-4-12-19-13-15/h2-13H,1H3. The molecule has 0 fully saturated rings. The first-order chi connectivity index (χ1) is 10.6. The topological polar surface area (TPSA) is 47.0 Å². The third-order valence-corrected chi connectivity index (χ3v) is 4.62. The van der Waals surface area contributed by atoms with Crippen LogP contribution in [0.2, 0.25) is 0 Å². The van der Waals surface area contributed by atoms with Gasteiger partial charge in [-0.05, 0) is 34.9 Å². The second-order valence-electron chi connectivity index (χ2n) is 5.08. The summed E-state index contributed by atoms with van der Waals surface area (Å²) in [6.07, 6.45) is 4.78. The lowest BCUT2D eigenvalue weighted by Crippen LogP contribution is -1.96. The molecule has 2 aromatic carbocycles. The van der Waals surface area contributed by atoms with Crippen LogP contribution in [0.4, 0.5) is 0 Å². The van der Waals surface area contributed by atoms with Crippen LogP contribution in [0, 0.1) is 0 Å². The largest absolute Gasteiger partial charge is 0.264 e. The summed E-state index contributed by atoms with van der Waals surface area (Å²) in [6, 6.07) is 18.9. The third kappa shape index (κ3) is 2.92. The van der Waals surface area contributed by atoms with Gasteiger partial charge in [0.2, 0.25) is 0 Å². The lowest BCUT2D eigenvalue weighted by molar-refractivity contribution is 0.602. The van der Waals surface area contributed by atoms with Crippen LogP contribution in [0.1, 0.15) is 0 Å². The van der Waals surface area contributed by atoms with E-state index in [0.717, 1.165) is 22.3 Å². The summed E-state index contributed by atoms with van der Waals surface area (Å²) in [7, 11) is -3.17. The summed E-state index contributed by atoms with van der Waals surface area (Å²) in [5, 5.41) is 0. The fourth-order valence-corrected chi connectivity index (χ4v) is 3.02. The van der Waals surface area contributed by atoms with Crippen molar-refractivity contribution in [2.75, 3.05) is 6.26 Å². The molecule has 0 spiro atoms. The highest BCUT2D eigenvalue weighted by molar-refractivity contribution is 7.90. The molecule has 110 valence electrons. The Kier molecular flexibility index (Phi) is 3.77. The molecule has 22 heavy (non-hydrogen) atoms. The zero-order valence-corrected chi connectivity index (χ0v) is 12.9. The highest BCUT2D eigenvalue weighted by Crippen LogP contribution is 2.31. The molecule has 0 bridgehead atoms. The van der Waals surface area contributed by atoms with Gasteiger partial charge in [0, 0.05) is 24.2 Å². The highest BCUT2D eigenvalue weighted by Gasteiger charge is 2.10. The molecule has 1 heterocycles. The maximum Gasteiger partial charge on any atom is 0.175 e. The molecule has 3 aromatic rings. The van der Waals surface area contributed by atoms with Crippen molar-refractivity contribution in [2.24, 2.45) is 0 Å². The third-order valence-electron chi connectivity index (χ3n) is 3.49. The number of hydrogen-bond acceptors (Lipinski definition) is 3. The number of hydrogen-bond donors (Lipinski definition) is 0. The molecule has 1 aromatic heterocycles. The lowest BCUT2D eigenvalue weighted by Gasteiger charge is -2.10. The molecule has 3 rings (SSSR count). The van der Waals surface area contributed by atoms with Crippen LogP contribution in [0.25, 0.3) is 22.3 Å². The van der Waals surface area contributed by atoms with Gasteiger partial charge in [-0.3, -0.25) is 4.98 Å². The summed E-state index contributed by atoms with van der Waals surface area (Å²) in [5.41, 5.74) is 4.13. The van der Waals surface area contributed by atoms with E-state index in [1.165, 1.54) is 6.26 Å². The van der Waals surface area contributed by atoms with Crippen LogP contribution < -0.4 is 0 Å². The number of pyridine rings is 1. The predicted octanol–water partition coefficient (Wildman–Crippen LogP) is 3.82. The molecule has 0 saturated carbocycles. The first-order valence-electron chi connectivity index (χ1n) is 6.85. The Labute approximate surface area is 130 Å². The van der Waals surface area contributed by atoms with Gasteiger partial charge >= 0.3 is 0 Å². The van der Waals surface area contributed by atoms with Crippen LogP contribution in [0.3, 0.4) is 0 Å². The molecular weight excluding hydrogens is 294 g/mol. The molecule has 4 heteroatoms. The average Bonchev–Trinajstić information content (AvgIpc) is 2.55. The van der Waals surface area contributed by atoms with Crippen molar-refractivity contribution in [3.05, 3.63) is 73.1 Å². The molecule has 0 unspecified atom stereocenters. The van der Waals surface area contributed by atoms with E-state index in [2.05, 4.69) is 4.98 Å². The number of aromatic nitrogens is 1. The maximum absolute atomic E-state index is 11.6. The van der Waals surface area contributed by atoms with Crippen LogP contribution in [0.5, 0.6) is 0 Å². The zero-order chi connectivity index (χ0) is 15.6. The Balaban J connectivity index is 2.10. The SMILES string of the molecule is CS(=O)(=O)c1ccc(-c2ccccc2-c2cccnc2)cc1. The lowest BCUT2D eigenvalue weighted by atomic mass is 9.96. The van der Waals surface area contributed by atoms with Gasteiger partial charge in [-0.1, -0.05) is 42.5 Å². The van der Waals surface area contributed by atoms with Crippen LogP contribution in [-0.2, 0) is 9.84 Å². The van der Waals surface area contributed by atoms with E-state index in [1.54, 1.807) is 18.3 Å². The number of sulfone groups is 1. The summed E-state index contributed by atoms with van der Waals surface area (Å²) in [4.78, 5) is 4.49. The fraction of sp³-hybridized carbons (Fsp3) is 0.0556. The molecule has 0 amide bonds. The van der Waals surface area contributed by atoms with Crippen LogP contribution in [0.15, 0.2) is 78.0 Å². The minimum absolute atomic E-state index is 0.329. The Bertz CT molecular complexity index is 886. The van der Waals surface area contributed by atoms with E-state index >= 15 is 0 Å². The summed E-state index contributed by atoms with van der Waals surface area (Å²) < 4.78 is 23.1. The second-order valence-corrected chi connectivity index (χ2v) is 7.10. The van der Waals surface area contributed by atoms with Gasteiger partial charge in [-0.2, -0.15) is 0 Å². The Morgan fingerprint density at radius 2 is 1.41 bits per heavy atom. The molecule has 0 aliphatic heterocycles. The van der Waals surface area contributed by atoms with E-state index in [-0.39, 0.29) is 0 Å². The van der Waals surface area contributed by atoms with Gasteiger partial charge in [-0.25, -0.2) is 8.42 Å². The quantitative estimate of drug-likeness (QED) is 0.739. The summed E-state index contributed by atoms with van der Waals surface area (Å²) in [6.45, 7) is 0. The minimum atomic E-state index is -3.17. The van der Waals surface area contributed by atoms with Crippen molar-refractivity contribution in [1.29, 1.82) is 0 Å². The van der Waals surface area contributed by atoms with Crippen molar-refractivity contribution in [3.8, 4) is 22.3 Å². The molecule has 0 aliphatic carbocycles. The highest BCUT2D eigenvalue weighted by atomic mass is 32.2. The molecule has 3 nitrogen and oxygen atoms in total. The molecule has 0 saturated heterocycles. The van der Waals surface area contributed by atoms with Crippen LogP contribution >= 0.6 is 0 Å². The van der Waals surface area contributed by atoms with E-state index in [4.69, 9.17) is 0 Å².